The van der Waals surface area contributed by atoms with E-state index in [2.05, 4.69) is 4.98 Å². The van der Waals surface area contributed by atoms with Gasteiger partial charge in [-0.05, 0) is 6.07 Å². The minimum Gasteiger partial charge on any atom is -0.477 e. The quantitative estimate of drug-likeness (QED) is 0.625. The third-order valence-corrected chi connectivity index (χ3v) is 2.79. The molecule has 0 aliphatic rings. The van der Waals surface area contributed by atoms with E-state index in [1.165, 1.54) is 11.3 Å². The van der Waals surface area contributed by atoms with Gasteiger partial charge in [0.1, 0.15) is 4.88 Å². The molecule has 4 nitrogen and oxygen atoms in total. The van der Waals surface area contributed by atoms with E-state index in [0.717, 1.165) is 10.2 Å². The van der Waals surface area contributed by atoms with E-state index in [1.54, 1.807) is 6.20 Å². The monoisotopic (exact) mass is 182 g/mol. The Labute approximate surface area is 71.6 Å². The van der Waals surface area contributed by atoms with Crippen molar-refractivity contribution in [3.8, 4) is 0 Å². The van der Waals surface area contributed by atoms with Crippen molar-refractivity contribution in [2.75, 3.05) is 5.73 Å². The molecule has 5 heteroatoms. The molecule has 0 spiro atoms. The Balaban J connectivity index is 2.78. The normalized spacial score (nSPS) is 10.7. The minimum absolute atomic E-state index is 0.205. The number of hydrogen-bond acceptors (Lipinski definition) is 3. The average Bonchev–Trinajstić information content (AvgIpc) is 2.53. The van der Waals surface area contributed by atoms with Gasteiger partial charge in [0, 0.05) is 6.20 Å². The van der Waals surface area contributed by atoms with Crippen molar-refractivity contribution >= 4 is 33.2 Å². The van der Waals surface area contributed by atoms with Crippen LogP contribution >= 0.6 is 11.3 Å². The number of rotatable bonds is 1. The van der Waals surface area contributed by atoms with Crippen LogP contribution in [0.5, 0.6) is 0 Å². The fraction of sp³-hybridized carbons (Fsp3) is 0. The second-order valence-corrected chi connectivity index (χ2v) is 3.42. The zero-order valence-electron chi connectivity index (χ0n) is 6.00. The smallest absolute Gasteiger partial charge is 0.348 e. The van der Waals surface area contributed by atoms with Gasteiger partial charge in [-0.3, -0.25) is 0 Å². The highest BCUT2D eigenvalue weighted by Crippen LogP contribution is 2.32. The SMILES string of the molecule is Nc1c(C(=O)O)sc2cc[nH]c12. The van der Waals surface area contributed by atoms with E-state index in [0.29, 0.717) is 5.69 Å². The highest BCUT2D eigenvalue weighted by molar-refractivity contribution is 7.21. The summed E-state index contributed by atoms with van der Waals surface area (Å²) >= 11 is 1.18. The molecule has 0 aliphatic carbocycles. The van der Waals surface area contributed by atoms with Crippen LogP contribution in [0.25, 0.3) is 10.2 Å². The third-order valence-electron chi connectivity index (χ3n) is 1.63. The third kappa shape index (κ3) is 0.799. The lowest BCUT2D eigenvalue weighted by Gasteiger charge is -1.89. The first kappa shape index (κ1) is 7.17. The molecule has 0 atom stereocenters. The maximum Gasteiger partial charge on any atom is 0.348 e. The fourth-order valence-corrected chi connectivity index (χ4v) is 2.01. The highest BCUT2D eigenvalue weighted by Gasteiger charge is 2.15. The van der Waals surface area contributed by atoms with Gasteiger partial charge < -0.3 is 15.8 Å². The molecule has 0 fully saturated rings. The molecule has 62 valence electrons. The van der Waals surface area contributed by atoms with Crippen molar-refractivity contribution in [2.45, 2.75) is 0 Å². The summed E-state index contributed by atoms with van der Waals surface area (Å²) in [5, 5.41) is 8.70. The van der Waals surface area contributed by atoms with Crippen LogP contribution in [0.15, 0.2) is 12.3 Å². The van der Waals surface area contributed by atoms with E-state index in [9.17, 15) is 4.79 Å². The Hall–Kier alpha value is -1.49. The Kier molecular flexibility index (Phi) is 1.34. The Morgan fingerprint density at radius 3 is 3.00 bits per heavy atom. The highest BCUT2D eigenvalue weighted by atomic mass is 32.1. The first-order valence-corrected chi connectivity index (χ1v) is 4.10. The number of carbonyl (C=O) groups is 1. The lowest BCUT2D eigenvalue weighted by atomic mass is 10.3. The molecule has 0 radical (unpaired) electrons. The zero-order valence-corrected chi connectivity index (χ0v) is 6.81. The Morgan fingerprint density at radius 2 is 2.42 bits per heavy atom. The first-order chi connectivity index (χ1) is 5.70. The number of aromatic nitrogens is 1. The number of H-pyrrole nitrogens is 1. The van der Waals surface area contributed by atoms with E-state index in [1.807, 2.05) is 6.07 Å². The van der Waals surface area contributed by atoms with Crippen molar-refractivity contribution in [1.29, 1.82) is 0 Å². The predicted octanol–water partition coefficient (Wildman–Crippen LogP) is 1.51. The number of nitrogen functional groups attached to an aromatic ring is 1. The molecule has 0 saturated carbocycles. The van der Waals surface area contributed by atoms with Gasteiger partial charge in [0.15, 0.2) is 0 Å². The number of aromatic amines is 1. The van der Waals surface area contributed by atoms with Crippen LogP contribution in [0.1, 0.15) is 9.67 Å². The lowest BCUT2D eigenvalue weighted by molar-refractivity contribution is 0.0703. The van der Waals surface area contributed by atoms with Gasteiger partial charge in [0.2, 0.25) is 0 Å². The predicted molar refractivity (Wildman–Crippen MR) is 47.5 cm³/mol. The molecule has 0 unspecified atom stereocenters. The van der Waals surface area contributed by atoms with E-state index in [4.69, 9.17) is 10.8 Å². The molecule has 0 amide bonds. The number of carboxylic acid groups (broad SMARTS) is 1. The van der Waals surface area contributed by atoms with Gasteiger partial charge in [-0.1, -0.05) is 0 Å². The summed E-state index contributed by atoms with van der Waals surface area (Å²) in [7, 11) is 0. The van der Waals surface area contributed by atoms with Gasteiger partial charge in [-0.25, -0.2) is 4.79 Å². The standard InChI is InChI=1S/C7H6N2O2S/c8-4-5-3(1-2-9-5)12-6(4)7(10)11/h1-2,9H,8H2,(H,10,11). The summed E-state index contributed by atoms with van der Waals surface area (Å²) in [5.74, 6) is -0.970. The maximum atomic E-state index is 10.6. The molecule has 2 aromatic heterocycles. The molecule has 2 aromatic rings. The minimum atomic E-state index is -0.970. The topological polar surface area (TPSA) is 79.1 Å². The molecule has 0 aromatic carbocycles. The number of nitrogens with two attached hydrogens (primary N) is 1. The largest absolute Gasteiger partial charge is 0.477 e. The van der Waals surface area contributed by atoms with Crippen molar-refractivity contribution in [1.82, 2.24) is 4.98 Å². The van der Waals surface area contributed by atoms with Gasteiger partial charge >= 0.3 is 5.97 Å². The number of aromatic carboxylic acids is 1. The van der Waals surface area contributed by atoms with Crippen LogP contribution < -0.4 is 5.73 Å². The zero-order chi connectivity index (χ0) is 8.72. The summed E-state index contributed by atoms with van der Waals surface area (Å²) in [5.41, 5.74) is 6.63. The molecule has 4 N–H and O–H groups in total. The summed E-state index contributed by atoms with van der Waals surface area (Å²) in [6.45, 7) is 0. The van der Waals surface area contributed by atoms with Gasteiger partial charge in [-0.15, -0.1) is 11.3 Å². The molecule has 2 rings (SSSR count). The Morgan fingerprint density at radius 1 is 1.67 bits per heavy atom. The Bertz CT molecular complexity index is 443. The molecule has 0 saturated heterocycles. The summed E-state index contributed by atoms with van der Waals surface area (Å²) in [6, 6.07) is 1.81. The van der Waals surface area contributed by atoms with Crippen LogP contribution in [0.3, 0.4) is 0 Å². The lowest BCUT2D eigenvalue weighted by Crippen LogP contribution is -1.97. The molecule has 2 heterocycles. The van der Waals surface area contributed by atoms with Crippen molar-refractivity contribution in [2.24, 2.45) is 0 Å². The number of thiophene rings is 1. The second-order valence-electron chi connectivity index (χ2n) is 2.37. The van der Waals surface area contributed by atoms with Crippen molar-refractivity contribution in [3.05, 3.63) is 17.1 Å². The van der Waals surface area contributed by atoms with E-state index in [-0.39, 0.29) is 4.88 Å². The summed E-state index contributed by atoms with van der Waals surface area (Å²) in [6.07, 6.45) is 1.74. The maximum absolute atomic E-state index is 10.6. The summed E-state index contributed by atoms with van der Waals surface area (Å²) in [4.78, 5) is 13.7. The second kappa shape index (κ2) is 2.25. The number of anilines is 1. The van der Waals surface area contributed by atoms with Crippen LogP contribution in [0.2, 0.25) is 0 Å². The molecule has 0 bridgehead atoms. The molecule has 12 heavy (non-hydrogen) atoms. The average molecular weight is 182 g/mol. The molecular formula is C7H6N2O2S. The summed E-state index contributed by atoms with van der Waals surface area (Å²) < 4.78 is 0.880. The van der Waals surface area contributed by atoms with Gasteiger partial charge in [-0.2, -0.15) is 0 Å². The number of fused-ring (bicyclic) bond motifs is 1. The van der Waals surface area contributed by atoms with Crippen LogP contribution in [-0.4, -0.2) is 16.1 Å². The molecule has 0 aliphatic heterocycles. The van der Waals surface area contributed by atoms with Crippen LogP contribution in [-0.2, 0) is 0 Å². The first-order valence-electron chi connectivity index (χ1n) is 3.29. The van der Waals surface area contributed by atoms with Crippen LogP contribution in [0.4, 0.5) is 5.69 Å². The number of hydrogen-bond donors (Lipinski definition) is 3. The van der Waals surface area contributed by atoms with Gasteiger partial charge in [0.25, 0.3) is 0 Å². The van der Waals surface area contributed by atoms with Crippen molar-refractivity contribution in [3.63, 3.8) is 0 Å². The van der Waals surface area contributed by atoms with E-state index < -0.39 is 5.97 Å². The van der Waals surface area contributed by atoms with E-state index >= 15 is 0 Å². The molecular weight excluding hydrogens is 176 g/mol. The van der Waals surface area contributed by atoms with Crippen molar-refractivity contribution < 1.29 is 9.90 Å². The number of carboxylic acids is 1. The van der Waals surface area contributed by atoms with Crippen LogP contribution in [0, 0.1) is 0 Å². The number of nitrogens with one attached hydrogen (secondary N) is 1. The van der Waals surface area contributed by atoms with Gasteiger partial charge in [0.05, 0.1) is 15.9 Å². The fourth-order valence-electron chi connectivity index (χ4n) is 1.09.